The second-order valence-corrected chi connectivity index (χ2v) is 4.66. The van der Waals surface area contributed by atoms with Crippen LogP contribution in [0.2, 0.25) is 0 Å². The molecule has 0 aromatic carbocycles. The van der Waals surface area contributed by atoms with Crippen LogP contribution in [0.15, 0.2) is 0 Å². The summed E-state index contributed by atoms with van der Waals surface area (Å²) in [4.78, 5) is 0. The zero-order chi connectivity index (χ0) is 9.94. The van der Waals surface area contributed by atoms with Gasteiger partial charge in [0, 0.05) is 18.3 Å². The van der Waals surface area contributed by atoms with E-state index in [0.29, 0.717) is 0 Å². The number of rotatable bonds is 9. The predicted octanol–water partition coefficient (Wildman–Crippen LogP) is 3.30. The van der Waals surface area contributed by atoms with E-state index in [4.69, 9.17) is 0 Å². The maximum atomic E-state index is 3.58. The van der Waals surface area contributed by atoms with Gasteiger partial charge in [-0.25, -0.2) is 0 Å². The fourth-order valence-electron chi connectivity index (χ4n) is 1.26. The standard InChI is InChI=1S/C11H25NS/c1-4-7-9-13-10-8-12-11(5-2)6-3/h11-12H,4-10H2,1-3H3. The van der Waals surface area contributed by atoms with Gasteiger partial charge in [0.25, 0.3) is 0 Å². The predicted molar refractivity (Wildman–Crippen MR) is 64.6 cm³/mol. The maximum Gasteiger partial charge on any atom is 0.00621 e. The molecule has 0 spiro atoms. The molecule has 2 heteroatoms. The summed E-state index contributed by atoms with van der Waals surface area (Å²) in [7, 11) is 0. The van der Waals surface area contributed by atoms with Gasteiger partial charge in [-0.3, -0.25) is 0 Å². The summed E-state index contributed by atoms with van der Waals surface area (Å²) in [6.45, 7) is 7.94. The molecule has 0 aliphatic heterocycles. The normalized spacial score (nSPS) is 11.1. The molecule has 1 nitrogen and oxygen atoms in total. The molecule has 80 valence electrons. The van der Waals surface area contributed by atoms with E-state index < -0.39 is 0 Å². The smallest absolute Gasteiger partial charge is 0.00621 e. The Labute approximate surface area is 88.1 Å². The van der Waals surface area contributed by atoms with E-state index >= 15 is 0 Å². The van der Waals surface area contributed by atoms with E-state index in [2.05, 4.69) is 37.8 Å². The summed E-state index contributed by atoms with van der Waals surface area (Å²) in [5.74, 6) is 2.61. The lowest BCUT2D eigenvalue weighted by atomic mass is 10.2. The molecule has 1 N–H and O–H groups in total. The highest BCUT2D eigenvalue weighted by Crippen LogP contribution is 2.03. The summed E-state index contributed by atoms with van der Waals surface area (Å²) in [5.41, 5.74) is 0. The summed E-state index contributed by atoms with van der Waals surface area (Å²) in [5, 5.41) is 3.58. The molecule has 0 saturated carbocycles. The molecule has 0 heterocycles. The van der Waals surface area contributed by atoms with Crippen LogP contribution in [0, 0.1) is 0 Å². The van der Waals surface area contributed by atoms with Crippen molar-refractivity contribution in [3.8, 4) is 0 Å². The third-order valence-electron chi connectivity index (χ3n) is 2.31. The topological polar surface area (TPSA) is 12.0 Å². The van der Waals surface area contributed by atoms with Crippen LogP contribution in [0.3, 0.4) is 0 Å². The SMILES string of the molecule is CCCCSCCNC(CC)CC. The molecule has 0 amide bonds. The number of hydrogen-bond acceptors (Lipinski definition) is 2. The van der Waals surface area contributed by atoms with Crippen molar-refractivity contribution in [2.75, 3.05) is 18.1 Å². The van der Waals surface area contributed by atoms with E-state index in [-0.39, 0.29) is 0 Å². The summed E-state index contributed by atoms with van der Waals surface area (Å²) < 4.78 is 0. The fourth-order valence-corrected chi connectivity index (χ4v) is 2.22. The van der Waals surface area contributed by atoms with E-state index in [9.17, 15) is 0 Å². The number of unbranched alkanes of at least 4 members (excludes halogenated alkanes) is 1. The molecule has 0 unspecified atom stereocenters. The van der Waals surface area contributed by atoms with Gasteiger partial charge in [0.05, 0.1) is 0 Å². The van der Waals surface area contributed by atoms with Gasteiger partial charge in [0.1, 0.15) is 0 Å². The lowest BCUT2D eigenvalue weighted by Crippen LogP contribution is -2.29. The van der Waals surface area contributed by atoms with Crippen molar-refractivity contribution in [2.45, 2.75) is 52.5 Å². The first-order valence-electron chi connectivity index (χ1n) is 5.66. The van der Waals surface area contributed by atoms with E-state index in [1.165, 1.54) is 43.7 Å². The second-order valence-electron chi connectivity index (χ2n) is 3.43. The van der Waals surface area contributed by atoms with E-state index in [1.54, 1.807) is 0 Å². The lowest BCUT2D eigenvalue weighted by Gasteiger charge is -2.13. The van der Waals surface area contributed by atoms with Crippen molar-refractivity contribution < 1.29 is 0 Å². The highest BCUT2D eigenvalue weighted by atomic mass is 32.2. The van der Waals surface area contributed by atoms with Crippen LogP contribution in [0.1, 0.15) is 46.5 Å². The molecule has 0 aromatic heterocycles. The lowest BCUT2D eigenvalue weighted by molar-refractivity contribution is 0.501. The zero-order valence-electron chi connectivity index (χ0n) is 9.44. The zero-order valence-corrected chi connectivity index (χ0v) is 10.3. The molecule has 0 aliphatic carbocycles. The minimum Gasteiger partial charge on any atom is -0.313 e. The number of hydrogen-bond donors (Lipinski definition) is 1. The van der Waals surface area contributed by atoms with Crippen LogP contribution in [0.25, 0.3) is 0 Å². The van der Waals surface area contributed by atoms with Gasteiger partial charge < -0.3 is 5.32 Å². The van der Waals surface area contributed by atoms with Crippen molar-refractivity contribution in [3.63, 3.8) is 0 Å². The Morgan fingerprint density at radius 3 is 2.31 bits per heavy atom. The Kier molecular flexibility index (Phi) is 10.6. The van der Waals surface area contributed by atoms with Crippen LogP contribution < -0.4 is 5.32 Å². The van der Waals surface area contributed by atoms with Crippen molar-refractivity contribution >= 4 is 11.8 Å². The third kappa shape index (κ3) is 8.63. The first kappa shape index (κ1) is 13.3. The number of thioether (sulfide) groups is 1. The Morgan fingerprint density at radius 2 is 1.77 bits per heavy atom. The molecule has 0 saturated heterocycles. The van der Waals surface area contributed by atoms with E-state index in [1.807, 2.05) is 0 Å². The maximum absolute atomic E-state index is 3.58. The molecule has 0 rings (SSSR count). The van der Waals surface area contributed by atoms with Crippen molar-refractivity contribution in [1.82, 2.24) is 5.32 Å². The van der Waals surface area contributed by atoms with Crippen molar-refractivity contribution in [1.29, 1.82) is 0 Å². The van der Waals surface area contributed by atoms with Gasteiger partial charge in [-0.05, 0) is 25.0 Å². The van der Waals surface area contributed by atoms with Gasteiger partial charge in [-0.2, -0.15) is 11.8 Å². The Bertz CT molecular complexity index is 92.1. The van der Waals surface area contributed by atoms with Crippen molar-refractivity contribution in [3.05, 3.63) is 0 Å². The third-order valence-corrected chi connectivity index (χ3v) is 3.38. The van der Waals surface area contributed by atoms with Gasteiger partial charge in [-0.1, -0.05) is 27.2 Å². The van der Waals surface area contributed by atoms with Crippen LogP contribution in [-0.4, -0.2) is 24.1 Å². The fraction of sp³-hybridized carbons (Fsp3) is 1.00. The molecule has 13 heavy (non-hydrogen) atoms. The van der Waals surface area contributed by atoms with Crippen LogP contribution in [0.5, 0.6) is 0 Å². The molecule has 0 aliphatic rings. The summed E-state index contributed by atoms with van der Waals surface area (Å²) in [6, 6.07) is 0.742. The van der Waals surface area contributed by atoms with Gasteiger partial charge in [-0.15, -0.1) is 0 Å². The average molecular weight is 203 g/mol. The van der Waals surface area contributed by atoms with Gasteiger partial charge in [0.15, 0.2) is 0 Å². The van der Waals surface area contributed by atoms with E-state index in [0.717, 1.165) is 6.04 Å². The highest BCUT2D eigenvalue weighted by molar-refractivity contribution is 7.99. The van der Waals surface area contributed by atoms with Crippen molar-refractivity contribution in [2.24, 2.45) is 0 Å². The quantitative estimate of drug-likeness (QED) is 0.577. The molecule has 0 bridgehead atoms. The Balaban J connectivity index is 3.05. The first-order valence-corrected chi connectivity index (χ1v) is 6.81. The molecule has 0 aromatic rings. The largest absolute Gasteiger partial charge is 0.313 e. The van der Waals surface area contributed by atoms with Gasteiger partial charge in [0.2, 0.25) is 0 Å². The monoisotopic (exact) mass is 203 g/mol. The highest BCUT2D eigenvalue weighted by Gasteiger charge is 2.00. The van der Waals surface area contributed by atoms with Crippen LogP contribution in [-0.2, 0) is 0 Å². The average Bonchev–Trinajstić information content (AvgIpc) is 2.17. The Hall–Kier alpha value is 0.310. The molecular weight excluding hydrogens is 178 g/mol. The van der Waals surface area contributed by atoms with Crippen LogP contribution in [0.4, 0.5) is 0 Å². The second kappa shape index (κ2) is 10.4. The molecule has 0 radical (unpaired) electrons. The minimum atomic E-state index is 0.742. The number of nitrogens with one attached hydrogen (secondary N) is 1. The van der Waals surface area contributed by atoms with Crippen LogP contribution >= 0.6 is 11.8 Å². The minimum absolute atomic E-state index is 0.742. The Morgan fingerprint density at radius 1 is 1.08 bits per heavy atom. The molecule has 0 atom stereocenters. The molecular formula is C11H25NS. The van der Waals surface area contributed by atoms with Gasteiger partial charge >= 0.3 is 0 Å². The molecule has 0 fully saturated rings. The summed E-state index contributed by atoms with van der Waals surface area (Å²) in [6.07, 6.45) is 5.22. The summed E-state index contributed by atoms with van der Waals surface area (Å²) >= 11 is 2.08. The first-order chi connectivity index (χ1) is 6.35.